The van der Waals surface area contributed by atoms with E-state index < -0.39 is 11.8 Å². The molecule has 132 valence electrons. The van der Waals surface area contributed by atoms with Gasteiger partial charge in [0, 0.05) is 11.8 Å². The molecule has 0 aromatic heterocycles. The summed E-state index contributed by atoms with van der Waals surface area (Å²) in [6.45, 7) is 0. The molecule has 0 spiro atoms. The van der Waals surface area contributed by atoms with Crippen molar-refractivity contribution >= 4 is 23.2 Å². The Kier molecular flexibility index (Phi) is 6.22. The summed E-state index contributed by atoms with van der Waals surface area (Å²) in [7, 11) is 4.59. The maximum absolute atomic E-state index is 12.1. The lowest BCUT2D eigenvalue weighted by atomic mass is 10.2. The smallest absolute Gasteiger partial charge is 0.233 e. The summed E-state index contributed by atoms with van der Waals surface area (Å²) in [5.41, 5.74) is 1.05. The standard InChI is InChI=1S/C18H20N2O5/c1-23-13-6-4-12(5-7-13)19-17(21)11-18(22)20-15-9-8-14(24-2)10-16(15)25-3/h4-10H,11H2,1-3H3,(H,19,21)(H,20,22). The lowest BCUT2D eigenvalue weighted by molar-refractivity contribution is -0.123. The molecule has 2 aromatic carbocycles. The molecular formula is C18H20N2O5. The number of carbonyl (C=O) groups is 2. The van der Waals surface area contributed by atoms with Gasteiger partial charge in [0.2, 0.25) is 11.8 Å². The predicted octanol–water partition coefficient (Wildman–Crippen LogP) is 2.68. The van der Waals surface area contributed by atoms with Crippen LogP contribution in [0.15, 0.2) is 42.5 Å². The molecule has 25 heavy (non-hydrogen) atoms. The Morgan fingerprint density at radius 3 is 2.00 bits per heavy atom. The zero-order chi connectivity index (χ0) is 18.2. The molecule has 7 heteroatoms. The molecule has 0 aliphatic rings. The molecule has 2 N–H and O–H groups in total. The molecule has 0 unspecified atom stereocenters. The minimum Gasteiger partial charge on any atom is -0.497 e. The average molecular weight is 344 g/mol. The van der Waals surface area contributed by atoms with E-state index in [4.69, 9.17) is 14.2 Å². The van der Waals surface area contributed by atoms with Crippen LogP contribution in [0.2, 0.25) is 0 Å². The van der Waals surface area contributed by atoms with Crippen LogP contribution < -0.4 is 24.8 Å². The number of ether oxygens (including phenoxy) is 3. The van der Waals surface area contributed by atoms with Gasteiger partial charge in [-0.05, 0) is 36.4 Å². The Balaban J connectivity index is 1.93. The molecule has 0 saturated carbocycles. The van der Waals surface area contributed by atoms with Gasteiger partial charge in [-0.25, -0.2) is 0 Å². The van der Waals surface area contributed by atoms with Crippen molar-refractivity contribution in [3.05, 3.63) is 42.5 Å². The summed E-state index contributed by atoms with van der Waals surface area (Å²) in [4.78, 5) is 24.0. The third-order valence-corrected chi connectivity index (χ3v) is 3.38. The van der Waals surface area contributed by atoms with Crippen LogP contribution in [0.25, 0.3) is 0 Å². The molecule has 0 aliphatic heterocycles. The minimum absolute atomic E-state index is 0.318. The van der Waals surface area contributed by atoms with E-state index in [9.17, 15) is 9.59 Å². The fraction of sp³-hybridized carbons (Fsp3) is 0.222. The van der Waals surface area contributed by atoms with E-state index in [1.54, 1.807) is 49.6 Å². The van der Waals surface area contributed by atoms with E-state index in [2.05, 4.69) is 10.6 Å². The van der Waals surface area contributed by atoms with E-state index in [1.807, 2.05) is 0 Å². The second kappa shape index (κ2) is 8.58. The van der Waals surface area contributed by atoms with E-state index >= 15 is 0 Å². The number of rotatable bonds is 7. The van der Waals surface area contributed by atoms with Crippen molar-refractivity contribution in [2.24, 2.45) is 0 Å². The highest BCUT2D eigenvalue weighted by molar-refractivity contribution is 6.08. The van der Waals surface area contributed by atoms with Crippen LogP contribution in [0.1, 0.15) is 6.42 Å². The van der Waals surface area contributed by atoms with Gasteiger partial charge < -0.3 is 24.8 Å². The first-order valence-electron chi connectivity index (χ1n) is 7.51. The number of hydrogen-bond acceptors (Lipinski definition) is 5. The third-order valence-electron chi connectivity index (χ3n) is 3.38. The van der Waals surface area contributed by atoms with Gasteiger partial charge in [0.15, 0.2) is 0 Å². The minimum atomic E-state index is -0.450. The van der Waals surface area contributed by atoms with Gasteiger partial charge in [0.05, 0.1) is 27.0 Å². The van der Waals surface area contributed by atoms with Crippen molar-refractivity contribution < 1.29 is 23.8 Å². The molecule has 2 aromatic rings. The van der Waals surface area contributed by atoms with Crippen LogP contribution in [0, 0.1) is 0 Å². The monoisotopic (exact) mass is 344 g/mol. The number of amides is 2. The fourth-order valence-electron chi connectivity index (χ4n) is 2.12. The third kappa shape index (κ3) is 5.13. The van der Waals surface area contributed by atoms with Gasteiger partial charge in [-0.2, -0.15) is 0 Å². The van der Waals surface area contributed by atoms with Gasteiger partial charge in [-0.3, -0.25) is 9.59 Å². The molecule has 7 nitrogen and oxygen atoms in total. The Labute approximate surface area is 145 Å². The van der Waals surface area contributed by atoms with Crippen LogP contribution in [-0.2, 0) is 9.59 Å². The van der Waals surface area contributed by atoms with Gasteiger partial charge in [-0.1, -0.05) is 0 Å². The Morgan fingerprint density at radius 1 is 0.800 bits per heavy atom. The first-order valence-corrected chi connectivity index (χ1v) is 7.51. The lowest BCUT2D eigenvalue weighted by Gasteiger charge is -2.11. The average Bonchev–Trinajstić information content (AvgIpc) is 2.62. The normalized spacial score (nSPS) is 9.88. The number of anilines is 2. The number of nitrogens with one attached hydrogen (secondary N) is 2. The van der Waals surface area contributed by atoms with E-state index in [-0.39, 0.29) is 6.42 Å². The SMILES string of the molecule is COc1ccc(NC(=O)CC(=O)Nc2ccc(OC)cc2OC)cc1. The zero-order valence-corrected chi connectivity index (χ0v) is 14.3. The quantitative estimate of drug-likeness (QED) is 0.754. The molecule has 0 saturated heterocycles. The van der Waals surface area contributed by atoms with Gasteiger partial charge in [-0.15, -0.1) is 0 Å². The van der Waals surface area contributed by atoms with E-state index in [0.29, 0.717) is 28.6 Å². The fourth-order valence-corrected chi connectivity index (χ4v) is 2.12. The summed E-state index contributed by atoms with van der Waals surface area (Å²) in [6, 6.07) is 11.8. The van der Waals surface area contributed by atoms with Crippen molar-refractivity contribution in [3.8, 4) is 17.2 Å². The highest BCUT2D eigenvalue weighted by Crippen LogP contribution is 2.29. The van der Waals surface area contributed by atoms with Crippen LogP contribution in [0.3, 0.4) is 0 Å². The lowest BCUT2D eigenvalue weighted by Crippen LogP contribution is -2.21. The van der Waals surface area contributed by atoms with Gasteiger partial charge in [0.1, 0.15) is 23.7 Å². The topological polar surface area (TPSA) is 85.9 Å². The number of benzene rings is 2. The summed E-state index contributed by atoms with van der Waals surface area (Å²) < 4.78 is 15.3. The van der Waals surface area contributed by atoms with Crippen LogP contribution >= 0.6 is 0 Å². The number of hydrogen-bond donors (Lipinski definition) is 2. The van der Waals surface area contributed by atoms with Crippen LogP contribution in [0.5, 0.6) is 17.2 Å². The van der Waals surface area contributed by atoms with Gasteiger partial charge >= 0.3 is 0 Å². The highest BCUT2D eigenvalue weighted by Gasteiger charge is 2.13. The summed E-state index contributed by atoms with van der Waals surface area (Å²) in [5.74, 6) is 0.863. The van der Waals surface area contributed by atoms with Crippen LogP contribution in [0.4, 0.5) is 11.4 Å². The zero-order valence-electron chi connectivity index (χ0n) is 14.3. The second-order valence-corrected chi connectivity index (χ2v) is 5.07. The summed E-state index contributed by atoms with van der Waals surface area (Å²) in [5, 5.41) is 5.30. The molecule has 0 aliphatic carbocycles. The van der Waals surface area contributed by atoms with E-state index in [1.165, 1.54) is 14.2 Å². The van der Waals surface area contributed by atoms with Crippen molar-refractivity contribution in [1.29, 1.82) is 0 Å². The van der Waals surface area contributed by atoms with Crippen molar-refractivity contribution in [2.75, 3.05) is 32.0 Å². The molecule has 2 rings (SSSR count). The molecule has 0 radical (unpaired) electrons. The molecule has 0 heterocycles. The van der Waals surface area contributed by atoms with Crippen LogP contribution in [-0.4, -0.2) is 33.1 Å². The highest BCUT2D eigenvalue weighted by atomic mass is 16.5. The van der Waals surface area contributed by atoms with Gasteiger partial charge in [0.25, 0.3) is 0 Å². The Morgan fingerprint density at radius 2 is 1.40 bits per heavy atom. The number of methoxy groups -OCH3 is 3. The summed E-state index contributed by atoms with van der Waals surface area (Å²) in [6.07, 6.45) is -0.318. The van der Waals surface area contributed by atoms with Crippen molar-refractivity contribution in [3.63, 3.8) is 0 Å². The largest absolute Gasteiger partial charge is 0.497 e. The predicted molar refractivity (Wildman–Crippen MR) is 94.4 cm³/mol. The van der Waals surface area contributed by atoms with Crippen molar-refractivity contribution in [1.82, 2.24) is 0 Å². The van der Waals surface area contributed by atoms with E-state index in [0.717, 1.165) is 0 Å². The molecule has 2 amide bonds. The first-order chi connectivity index (χ1) is 12.0. The Bertz CT molecular complexity index is 744. The maximum Gasteiger partial charge on any atom is 0.233 e. The first kappa shape index (κ1) is 18.1. The summed E-state index contributed by atoms with van der Waals surface area (Å²) >= 11 is 0. The van der Waals surface area contributed by atoms with Crippen molar-refractivity contribution in [2.45, 2.75) is 6.42 Å². The molecule has 0 atom stereocenters. The molecular weight excluding hydrogens is 324 g/mol. The number of carbonyl (C=O) groups excluding carboxylic acids is 2. The maximum atomic E-state index is 12.1. The second-order valence-electron chi connectivity index (χ2n) is 5.07. The Hall–Kier alpha value is -3.22. The molecule has 0 fully saturated rings. The molecule has 0 bridgehead atoms.